The Morgan fingerprint density at radius 1 is 1.15 bits per heavy atom. The van der Waals surface area contributed by atoms with Crippen LogP contribution in [-0.2, 0) is 24.5 Å². The Kier molecular flexibility index (Phi) is 9.78. The minimum atomic E-state index is -0.711. The number of hydrogen-bond acceptors (Lipinski definition) is 4. The lowest BCUT2D eigenvalue weighted by Crippen LogP contribution is -2.37. The zero-order valence-corrected chi connectivity index (χ0v) is 21.0. The number of amides is 1. The summed E-state index contributed by atoms with van der Waals surface area (Å²) >= 11 is 3.28. The summed E-state index contributed by atoms with van der Waals surface area (Å²) in [5.74, 6) is -1.33. The maximum absolute atomic E-state index is 13.8. The molecule has 1 atom stereocenters. The molecule has 182 valence electrons. The molecule has 3 aromatic rings. The lowest BCUT2D eigenvalue weighted by Gasteiger charge is -2.15. The Bertz CT molecular complexity index is 1220. The van der Waals surface area contributed by atoms with Gasteiger partial charge < -0.3 is 20.4 Å². The van der Waals surface area contributed by atoms with E-state index in [0.717, 1.165) is 23.3 Å². The molecule has 2 aromatic carbocycles. The molecule has 6 nitrogen and oxygen atoms in total. The van der Waals surface area contributed by atoms with Gasteiger partial charge in [0.25, 0.3) is 5.56 Å². The average molecular weight is 557 g/mol. The number of pyridine rings is 1. The molecule has 0 bridgehead atoms. The van der Waals surface area contributed by atoms with Gasteiger partial charge in [-0.15, -0.1) is 12.4 Å². The first-order chi connectivity index (χ1) is 15.7. The van der Waals surface area contributed by atoms with Gasteiger partial charge in [0.1, 0.15) is 28.5 Å². The van der Waals surface area contributed by atoms with E-state index in [1.54, 1.807) is 24.5 Å². The average Bonchev–Trinajstić information content (AvgIpc) is 2.78. The second-order valence-electron chi connectivity index (χ2n) is 7.70. The lowest BCUT2D eigenvalue weighted by molar-refractivity contribution is -0.122. The number of aryl methyl sites for hydroxylation is 1. The predicted molar refractivity (Wildman–Crippen MR) is 132 cm³/mol. The number of carbonyl (C=O) groups excluding carboxylic acids is 1. The molecule has 1 heterocycles. The van der Waals surface area contributed by atoms with Gasteiger partial charge in [0.15, 0.2) is 0 Å². The van der Waals surface area contributed by atoms with Crippen LogP contribution in [0.2, 0.25) is 0 Å². The molecule has 3 rings (SSSR count). The largest absolute Gasteiger partial charge is 0.487 e. The first-order valence-corrected chi connectivity index (χ1v) is 11.0. The third-order valence-corrected chi connectivity index (χ3v) is 5.79. The smallest absolute Gasteiger partial charge is 0.269 e. The summed E-state index contributed by atoms with van der Waals surface area (Å²) in [6.07, 6.45) is 0. The Labute approximate surface area is 210 Å². The van der Waals surface area contributed by atoms with E-state index in [-0.39, 0.29) is 46.3 Å². The third kappa shape index (κ3) is 6.88. The number of hydrogen-bond donors (Lipinski definition) is 2. The zero-order valence-electron chi connectivity index (χ0n) is 18.6. The molecular weight excluding hydrogens is 532 g/mol. The fraction of sp³-hybridized carbons (Fsp3) is 0.250. The van der Waals surface area contributed by atoms with Gasteiger partial charge in [-0.25, -0.2) is 8.78 Å². The fourth-order valence-electron chi connectivity index (χ4n) is 3.11. The standard InChI is InChI=1S/C24H24BrF2N3O3.ClH/c1-14-9-21(33-13-18-7-8-19(26)10-20(18)27)22(25)24(32)30(14)12-17-5-3-16(4-6-17)11-29-23(31)15(2)28;/h3-10,15H,11-13,28H2,1-2H3,(H,29,31);1H/t15-;/m1./s1. The van der Waals surface area contributed by atoms with Gasteiger partial charge in [0, 0.05) is 29.9 Å². The minimum absolute atomic E-state index is 0. The van der Waals surface area contributed by atoms with E-state index in [4.69, 9.17) is 10.5 Å². The van der Waals surface area contributed by atoms with Crippen molar-refractivity contribution in [2.45, 2.75) is 39.6 Å². The quantitative estimate of drug-likeness (QED) is 0.435. The molecule has 0 spiro atoms. The molecule has 34 heavy (non-hydrogen) atoms. The van der Waals surface area contributed by atoms with Crippen LogP contribution in [0.1, 0.15) is 29.3 Å². The van der Waals surface area contributed by atoms with Crippen molar-refractivity contribution in [3.63, 3.8) is 0 Å². The third-order valence-electron chi connectivity index (χ3n) is 5.06. The summed E-state index contributed by atoms with van der Waals surface area (Å²) in [6.45, 7) is 3.95. The normalized spacial score (nSPS) is 11.5. The number of ether oxygens (including phenoxy) is 1. The van der Waals surface area contributed by atoms with Gasteiger partial charge >= 0.3 is 0 Å². The van der Waals surface area contributed by atoms with E-state index < -0.39 is 17.7 Å². The first kappa shape index (κ1) is 27.5. The van der Waals surface area contributed by atoms with Crippen molar-refractivity contribution in [2.75, 3.05) is 0 Å². The number of nitrogens with one attached hydrogen (secondary N) is 1. The highest BCUT2D eigenvalue weighted by Gasteiger charge is 2.14. The Hall–Kier alpha value is -2.75. The molecule has 0 aliphatic heterocycles. The second kappa shape index (κ2) is 12.1. The topological polar surface area (TPSA) is 86.3 Å². The predicted octanol–water partition coefficient (Wildman–Crippen LogP) is 4.21. The van der Waals surface area contributed by atoms with Crippen LogP contribution >= 0.6 is 28.3 Å². The molecular formula is C24H25BrClF2N3O3. The number of halogens is 4. The SMILES string of the molecule is Cc1cc(OCc2ccc(F)cc2F)c(Br)c(=O)n1Cc1ccc(CNC(=O)[C@@H](C)N)cc1.Cl. The number of nitrogens with zero attached hydrogens (tertiary/aromatic N) is 1. The van der Waals surface area contributed by atoms with Gasteiger partial charge in [-0.05, 0) is 53.0 Å². The number of benzene rings is 2. The maximum atomic E-state index is 13.8. The Balaban J connectivity index is 0.00000408. The van der Waals surface area contributed by atoms with Crippen molar-refractivity contribution < 1.29 is 18.3 Å². The molecule has 1 amide bonds. The van der Waals surface area contributed by atoms with Crippen LogP contribution in [0, 0.1) is 18.6 Å². The second-order valence-corrected chi connectivity index (χ2v) is 8.50. The van der Waals surface area contributed by atoms with Crippen molar-refractivity contribution in [3.05, 3.63) is 97.4 Å². The Morgan fingerprint density at radius 3 is 2.41 bits per heavy atom. The van der Waals surface area contributed by atoms with Crippen molar-refractivity contribution >= 4 is 34.2 Å². The van der Waals surface area contributed by atoms with E-state index in [0.29, 0.717) is 18.8 Å². The minimum Gasteiger partial charge on any atom is -0.487 e. The van der Waals surface area contributed by atoms with Gasteiger partial charge in [-0.1, -0.05) is 24.3 Å². The van der Waals surface area contributed by atoms with Crippen LogP contribution in [0.5, 0.6) is 5.75 Å². The fourth-order valence-corrected chi connectivity index (χ4v) is 3.55. The number of nitrogens with two attached hydrogens (primary N) is 1. The van der Waals surface area contributed by atoms with Gasteiger partial charge in [0.2, 0.25) is 5.91 Å². The van der Waals surface area contributed by atoms with Gasteiger partial charge in [-0.3, -0.25) is 9.59 Å². The summed E-state index contributed by atoms with van der Waals surface area (Å²) in [6, 6.07) is 11.9. The van der Waals surface area contributed by atoms with Gasteiger partial charge in [0.05, 0.1) is 12.6 Å². The highest BCUT2D eigenvalue weighted by atomic mass is 79.9. The monoisotopic (exact) mass is 555 g/mol. The van der Waals surface area contributed by atoms with Crippen LogP contribution in [0.25, 0.3) is 0 Å². The summed E-state index contributed by atoms with van der Waals surface area (Å²) in [4.78, 5) is 24.5. The van der Waals surface area contributed by atoms with Crippen molar-refractivity contribution in [2.24, 2.45) is 5.73 Å². The molecule has 0 aliphatic carbocycles. The zero-order chi connectivity index (χ0) is 24.1. The maximum Gasteiger partial charge on any atom is 0.269 e. The van der Waals surface area contributed by atoms with Crippen molar-refractivity contribution in [1.29, 1.82) is 0 Å². The molecule has 0 saturated carbocycles. The van der Waals surface area contributed by atoms with Crippen LogP contribution < -0.4 is 21.3 Å². The molecule has 1 aromatic heterocycles. The summed E-state index contributed by atoms with van der Waals surface area (Å²) in [5, 5.41) is 2.75. The van der Waals surface area contributed by atoms with E-state index >= 15 is 0 Å². The molecule has 0 radical (unpaired) electrons. The molecule has 0 unspecified atom stereocenters. The van der Waals surface area contributed by atoms with E-state index in [1.807, 2.05) is 24.3 Å². The molecule has 3 N–H and O–H groups in total. The molecule has 10 heteroatoms. The van der Waals surface area contributed by atoms with Crippen LogP contribution in [0.4, 0.5) is 8.78 Å². The molecule has 0 aliphatic rings. The lowest BCUT2D eigenvalue weighted by atomic mass is 10.1. The number of aromatic nitrogens is 1. The van der Waals surface area contributed by atoms with Crippen LogP contribution in [0.3, 0.4) is 0 Å². The Morgan fingerprint density at radius 2 is 1.79 bits per heavy atom. The van der Waals surface area contributed by atoms with Crippen molar-refractivity contribution in [3.8, 4) is 5.75 Å². The van der Waals surface area contributed by atoms with Crippen LogP contribution in [-0.4, -0.2) is 16.5 Å². The van der Waals surface area contributed by atoms with E-state index in [9.17, 15) is 18.4 Å². The van der Waals surface area contributed by atoms with E-state index in [1.165, 1.54) is 6.07 Å². The first-order valence-electron chi connectivity index (χ1n) is 10.2. The summed E-state index contributed by atoms with van der Waals surface area (Å²) in [5.41, 5.74) is 7.89. The van der Waals surface area contributed by atoms with Gasteiger partial charge in [-0.2, -0.15) is 0 Å². The highest BCUT2D eigenvalue weighted by Crippen LogP contribution is 2.24. The van der Waals surface area contributed by atoms with Crippen molar-refractivity contribution in [1.82, 2.24) is 9.88 Å². The molecule has 0 fully saturated rings. The van der Waals surface area contributed by atoms with Crippen LogP contribution in [0.15, 0.2) is 57.8 Å². The summed E-state index contributed by atoms with van der Waals surface area (Å²) in [7, 11) is 0. The summed E-state index contributed by atoms with van der Waals surface area (Å²) < 4.78 is 34.3. The number of carbonyl (C=O) groups is 1. The van der Waals surface area contributed by atoms with E-state index in [2.05, 4.69) is 21.2 Å². The molecule has 0 saturated heterocycles. The number of rotatable bonds is 8. The highest BCUT2D eigenvalue weighted by molar-refractivity contribution is 9.10.